The first-order valence-electron chi connectivity index (χ1n) is 8.61. The molecule has 1 aliphatic rings. The zero-order chi connectivity index (χ0) is 17.9. The van der Waals surface area contributed by atoms with Gasteiger partial charge in [-0.25, -0.2) is 0 Å². The van der Waals surface area contributed by atoms with Crippen LogP contribution < -0.4 is 10.1 Å². The van der Waals surface area contributed by atoms with Gasteiger partial charge < -0.3 is 9.64 Å². The lowest BCUT2D eigenvalue weighted by Crippen LogP contribution is -2.35. The van der Waals surface area contributed by atoms with E-state index in [0.29, 0.717) is 17.1 Å². The summed E-state index contributed by atoms with van der Waals surface area (Å²) in [5.41, 5.74) is 1.08. The molecule has 0 saturated carbocycles. The highest BCUT2D eigenvalue weighted by Crippen LogP contribution is 2.20. The predicted octanol–water partition coefficient (Wildman–Crippen LogP) is 1.85. The summed E-state index contributed by atoms with van der Waals surface area (Å²) in [6, 6.07) is 8.97. The van der Waals surface area contributed by atoms with Crippen LogP contribution in [0, 0.1) is 0 Å². The fraction of sp³-hybridized carbons (Fsp3) is 0.333. The summed E-state index contributed by atoms with van der Waals surface area (Å²) in [4.78, 5) is 22.8. The number of carbonyl (C=O) groups excluding carboxylic acids is 1. The van der Waals surface area contributed by atoms with Crippen LogP contribution in [-0.2, 0) is 0 Å². The van der Waals surface area contributed by atoms with E-state index >= 15 is 0 Å². The van der Waals surface area contributed by atoms with E-state index in [4.69, 9.17) is 4.74 Å². The van der Waals surface area contributed by atoms with E-state index < -0.39 is 0 Å². The normalized spacial score (nSPS) is 15.9. The molecule has 8 nitrogen and oxygen atoms in total. The third-order valence-corrected chi connectivity index (χ3v) is 4.43. The first kappa shape index (κ1) is 16.5. The van der Waals surface area contributed by atoms with Crippen molar-refractivity contribution in [2.45, 2.75) is 18.9 Å². The number of hydrogen-bond donors (Lipinski definition) is 1. The van der Waals surface area contributed by atoms with Crippen molar-refractivity contribution in [1.29, 1.82) is 0 Å². The molecule has 0 aliphatic carbocycles. The fourth-order valence-electron chi connectivity index (χ4n) is 2.97. The molecule has 26 heavy (non-hydrogen) atoms. The maximum atomic E-state index is 12.2. The first-order valence-corrected chi connectivity index (χ1v) is 8.61. The second-order valence-electron chi connectivity index (χ2n) is 6.39. The summed E-state index contributed by atoms with van der Waals surface area (Å²) in [7, 11) is 2.12. The molecule has 1 fully saturated rings. The topological polar surface area (TPSA) is 84.6 Å². The zero-order valence-electron chi connectivity index (χ0n) is 14.5. The van der Waals surface area contributed by atoms with E-state index in [1.165, 1.54) is 6.20 Å². The lowest BCUT2D eigenvalue weighted by Gasteiger charge is -2.29. The minimum atomic E-state index is -0.299. The van der Waals surface area contributed by atoms with Gasteiger partial charge in [0.05, 0.1) is 5.56 Å². The SMILES string of the molecule is CN1CCC(Oc2cccc3nc(NC(=O)c4cccnc4)nn23)CC1. The highest BCUT2D eigenvalue weighted by atomic mass is 16.5. The number of fused-ring (bicyclic) bond motifs is 1. The molecule has 0 bridgehead atoms. The number of rotatable bonds is 4. The van der Waals surface area contributed by atoms with Crippen LogP contribution in [0.25, 0.3) is 5.65 Å². The number of nitrogens with zero attached hydrogens (tertiary/aromatic N) is 5. The largest absolute Gasteiger partial charge is 0.474 e. The van der Waals surface area contributed by atoms with Crippen molar-refractivity contribution in [2.24, 2.45) is 0 Å². The molecule has 3 aromatic heterocycles. The fourth-order valence-corrected chi connectivity index (χ4v) is 2.97. The van der Waals surface area contributed by atoms with E-state index in [1.54, 1.807) is 22.8 Å². The monoisotopic (exact) mass is 352 g/mol. The highest BCUT2D eigenvalue weighted by Gasteiger charge is 2.20. The van der Waals surface area contributed by atoms with Crippen molar-refractivity contribution in [3.05, 3.63) is 48.3 Å². The molecule has 134 valence electrons. The molecule has 0 unspecified atom stereocenters. The van der Waals surface area contributed by atoms with E-state index in [1.807, 2.05) is 18.2 Å². The molecule has 1 amide bonds. The van der Waals surface area contributed by atoms with Crippen LogP contribution in [0.3, 0.4) is 0 Å². The number of hydrogen-bond acceptors (Lipinski definition) is 6. The molecule has 1 aliphatic heterocycles. The second-order valence-corrected chi connectivity index (χ2v) is 6.39. The number of amides is 1. The van der Waals surface area contributed by atoms with Crippen LogP contribution in [0.4, 0.5) is 5.95 Å². The predicted molar refractivity (Wildman–Crippen MR) is 96.3 cm³/mol. The Morgan fingerprint density at radius 1 is 1.23 bits per heavy atom. The molecule has 0 spiro atoms. The van der Waals surface area contributed by atoms with E-state index in [9.17, 15) is 4.79 Å². The van der Waals surface area contributed by atoms with Gasteiger partial charge in [-0.3, -0.25) is 15.1 Å². The number of pyridine rings is 2. The van der Waals surface area contributed by atoms with Crippen LogP contribution in [0.2, 0.25) is 0 Å². The standard InChI is InChI=1S/C18H20N6O2/c1-23-10-7-14(8-11-23)26-16-6-2-5-15-20-18(22-24(15)16)21-17(25)13-4-3-9-19-12-13/h2-6,9,12,14H,7-8,10-11H2,1H3,(H,21,22,25). The molecule has 4 rings (SSSR count). The van der Waals surface area contributed by atoms with Gasteiger partial charge in [-0.1, -0.05) is 6.07 Å². The summed E-state index contributed by atoms with van der Waals surface area (Å²) in [5, 5.41) is 7.08. The van der Waals surface area contributed by atoms with Gasteiger partial charge in [-0.05, 0) is 38.1 Å². The number of nitrogens with one attached hydrogen (secondary N) is 1. The van der Waals surface area contributed by atoms with Crippen LogP contribution in [0.5, 0.6) is 5.88 Å². The van der Waals surface area contributed by atoms with Crippen molar-refractivity contribution in [1.82, 2.24) is 24.5 Å². The quantitative estimate of drug-likeness (QED) is 0.771. The van der Waals surface area contributed by atoms with E-state index in [-0.39, 0.29) is 18.0 Å². The molecule has 0 atom stereocenters. The van der Waals surface area contributed by atoms with Gasteiger partial charge in [0, 0.05) is 31.5 Å². The summed E-state index contributed by atoms with van der Waals surface area (Å²) >= 11 is 0. The van der Waals surface area contributed by atoms with Gasteiger partial charge in [0.1, 0.15) is 6.10 Å². The average molecular weight is 352 g/mol. The third kappa shape index (κ3) is 3.50. The Hall–Kier alpha value is -3.00. The van der Waals surface area contributed by atoms with Crippen molar-refractivity contribution < 1.29 is 9.53 Å². The van der Waals surface area contributed by atoms with Gasteiger partial charge in [0.15, 0.2) is 5.65 Å². The van der Waals surface area contributed by atoms with Gasteiger partial charge in [-0.2, -0.15) is 9.50 Å². The van der Waals surface area contributed by atoms with Crippen LogP contribution in [0.15, 0.2) is 42.7 Å². The molecule has 0 aromatic carbocycles. The maximum absolute atomic E-state index is 12.2. The van der Waals surface area contributed by atoms with Crippen LogP contribution >= 0.6 is 0 Å². The summed E-state index contributed by atoms with van der Waals surface area (Å²) in [5.74, 6) is 0.566. The van der Waals surface area contributed by atoms with Crippen LogP contribution in [-0.4, -0.2) is 56.6 Å². The molecule has 3 aromatic rings. The zero-order valence-corrected chi connectivity index (χ0v) is 14.5. The Morgan fingerprint density at radius 2 is 2.08 bits per heavy atom. The Kier molecular flexibility index (Phi) is 4.49. The summed E-state index contributed by atoms with van der Waals surface area (Å²) in [6.07, 6.45) is 5.24. The minimum Gasteiger partial charge on any atom is -0.474 e. The van der Waals surface area contributed by atoms with Crippen molar-refractivity contribution >= 4 is 17.5 Å². The number of ether oxygens (including phenoxy) is 1. The van der Waals surface area contributed by atoms with Crippen molar-refractivity contribution in [3.63, 3.8) is 0 Å². The minimum absolute atomic E-state index is 0.162. The Bertz CT molecular complexity index is 902. The molecular weight excluding hydrogens is 332 g/mol. The lowest BCUT2D eigenvalue weighted by molar-refractivity contribution is 0.102. The van der Waals surface area contributed by atoms with Gasteiger partial charge in [-0.15, -0.1) is 5.10 Å². The summed E-state index contributed by atoms with van der Waals surface area (Å²) in [6.45, 7) is 2.04. The first-order chi connectivity index (χ1) is 12.7. The molecule has 0 radical (unpaired) electrons. The Balaban J connectivity index is 1.53. The van der Waals surface area contributed by atoms with E-state index in [0.717, 1.165) is 25.9 Å². The molecule has 8 heteroatoms. The lowest BCUT2D eigenvalue weighted by atomic mass is 10.1. The molecule has 1 saturated heterocycles. The number of carbonyl (C=O) groups is 1. The summed E-state index contributed by atoms with van der Waals surface area (Å²) < 4.78 is 7.75. The average Bonchev–Trinajstić information content (AvgIpc) is 3.08. The van der Waals surface area contributed by atoms with Gasteiger partial charge >= 0.3 is 0 Å². The smallest absolute Gasteiger partial charge is 0.259 e. The second kappa shape index (κ2) is 7.09. The molecular formula is C18H20N6O2. The van der Waals surface area contributed by atoms with Gasteiger partial charge in [0.2, 0.25) is 11.8 Å². The van der Waals surface area contributed by atoms with Crippen molar-refractivity contribution in [3.8, 4) is 5.88 Å². The number of anilines is 1. The van der Waals surface area contributed by atoms with Gasteiger partial charge in [0.25, 0.3) is 5.91 Å². The highest BCUT2D eigenvalue weighted by molar-refractivity contribution is 6.03. The van der Waals surface area contributed by atoms with E-state index in [2.05, 4.69) is 32.3 Å². The maximum Gasteiger partial charge on any atom is 0.259 e. The number of likely N-dealkylation sites (tertiary alicyclic amines) is 1. The molecule has 4 heterocycles. The van der Waals surface area contributed by atoms with Crippen molar-refractivity contribution in [2.75, 3.05) is 25.5 Å². The third-order valence-electron chi connectivity index (χ3n) is 4.43. The Morgan fingerprint density at radius 3 is 2.85 bits per heavy atom. The molecule has 1 N–H and O–H groups in total. The number of aromatic nitrogens is 4. The number of piperidine rings is 1. The van der Waals surface area contributed by atoms with Crippen LogP contribution in [0.1, 0.15) is 23.2 Å². The Labute approximate surface area is 150 Å².